The van der Waals surface area contributed by atoms with E-state index in [1.807, 2.05) is 0 Å². The fraction of sp³-hybridized carbons (Fsp3) is 0.889. The van der Waals surface area contributed by atoms with Crippen molar-refractivity contribution in [1.29, 1.82) is 0 Å². The Labute approximate surface area is 140 Å². The van der Waals surface area contributed by atoms with Gasteiger partial charge in [-0.3, -0.25) is 4.21 Å². The average molecular weight is 331 g/mol. The van der Waals surface area contributed by atoms with Crippen LogP contribution in [0.1, 0.15) is 96.8 Å². The lowest BCUT2D eigenvalue weighted by atomic mass is 10.1. The number of nitrogens with one attached hydrogen (secondary N) is 1. The second-order valence-electron chi connectivity index (χ2n) is 6.07. The molecule has 1 atom stereocenters. The van der Waals surface area contributed by atoms with Gasteiger partial charge in [0.15, 0.2) is 0 Å². The quantitative estimate of drug-likeness (QED) is 0.220. The van der Waals surface area contributed by atoms with Crippen molar-refractivity contribution in [1.82, 2.24) is 4.72 Å². The Bertz CT molecular complexity index is 270. The summed E-state index contributed by atoms with van der Waals surface area (Å²) < 4.78 is 22.9. The zero-order valence-electron chi connectivity index (χ0n) is 14.5. The normalized spacial score (nSPS) is 13.0. The molecule has 0 aromatic carbocycles. The minimum Gasteiger partial charge on any atom is -0.760 e. The van der Waals surface area contributed by atoms with E-state index in [1.54, 1.807) is 0 Å². The third-order valence-corrected chi connectivity index (χ3v) is 4.35. The summed E-state index contributed by atoms with van der Waals surface area (Å²) in [6.45, 7) is 2.84. The summed E-state index contributed by atoms with van der Waals surface area (Å²) in [4.78, 5) is 0. The van der Waals surface area contributed by atoms with Crippen LogP contribution in [0.4, 0.5) is 0 Å². The van der Waals surface area contributed by atoms with Crippen LogP contribution in [0.25, 0.3) is 0 Å². The first-order valence-electron chi connectivity index (χ1n) is 9.25. The fourth-order valence-electron chi connectivity index (χ4n) is 2.53. The summed E-state index contributed by atoms with van der Waals surface area (Å²) >= 11 is -2.09. The van der Waals surface area contributed by atoms with Gasteiger partial charge in [-0.05, 0) is 32.1 Å². The molecule has 0 spiro atoms. The summed E-state index contributed by atoms with van der Waals surface area (Å²) in [6.07, 6.45) is 22.6. The topological polar surface area (TPSA) is 52.2 Å². The van der Waals surface area contributed by atoms with Gasteiger partial charge in [-0.15, -0.1) is 0 Å². The largest absolute Gasteiger partial charge is 0.760 e. The average Bonchev–Trinajstić information content (AvgIpc) is 2.50. The number of allylic oxidation sites excluding steroid dienone is 2. The first-order chi connectivity index (χ1) is 10.8. The van der Waals surface area contributed by atoms with Gasteiger partial charge in [0.2, 0.25) is 0 Å². The Balaban J connectivity index is 3.06. The molecule has 0 fully saturated rings. The Morgan fingerprint density at radius 3 is 1.73 bits per heavy atom. The van der Waals surface area contributed by atoms with Gasteiger partial charge in [-0.1, -0.05) is 76.9 Å². The first kappa shape index (κ1) is 21.8. The molecule has 0 saturated carbocycles. The van der Waals surface area contributed by atoms with Crippen LogP contribution in [0.5, 0.6) is 0 Å². The molecule has 1 unspecified atom stereocenters. The van der Waals surface area contributed by atoms with Gasteiger partial charge in [-0.25, -0.2) is 4.72 Å². The predicted octanol–water partition coefficient (Wildman–Crippen LogP) is 5.41. The zero-order valence-corrected chi connectivity index (χ0v) is 15.3. The van der Waals surface area contributed by atoms with Crippen LogP contribution < -0.4 is 4.72 Å². The van der Waals surface area contributed by atoms with E-state index in [9.17, 15) is 8.76 Å². The fourth-order valence-corrected chi connectivity index (χ4v) is 2.84. The summed E-state index contributed by atoms with van der Waals surface area (Å²) in [5.41, 5.74) is 0. The van der Waals surface area contributed by atoms with E-state index in [0.717, 1.165) is 12.8 Å². The standard InChI is InChI=1S/C18H37NO2S/c1-2-3-4-5-6-7-8-9-10-11-12-13-14-15-16-17-18-19-22(20)21/h9-10,19H,2-8,11-18H2,1H3,(H,20,21)/p-1/b10-9-. The molecule has 0 heterocycles. The maximum absolute atomic E-state index is 10.2. The smallest absolute Gasteiger partial charge is 0.0181 e. The van der Waals surface area contributed by atoms with Crippen molar-refractivity contribution in [3.05, 3.63) is 12.2 Å². The monoisotopic (exact) mass is 330 g/mol. The van der Waals surface area contributed by atoms with Gasteiger partial charge in [-0.2, -0.15) is 0 Å². The number of rotatable bonds is 17. The highest BCUT2D eigenvalue weighted by atomic mass is 32.2. The van der Waals surface area contributed by atoms with Crippen molar-refractivity contribution in [2.75, 3.05) is 6.54 Å². The van der Waals surface area contributed by atoms with Crippen LogP contribution in [-0.2, 0) is 11.3 Å². The zero-order chi connectivity index (χ0) is 16.3. The molecule has 0 amide bonds. The molecule has 0 radical (unpaired) electrons. The molecular weight excluding hydrogens is 294 g/mol. The van der Waals surface area contributed by atoms with E-state index in [0.29, 0.717) is 6.54 Å². The highest BCUT2D eigenvalue weighted by Crippen LogP contribution is 2.09. The molecule has 22 heavy (non-hydrogen) atoms. The van der Waals surface area contributed by atoms with Crippen molar-refractivity contribution < 1.29 is 8.76 Å². The Kier molecular flexibility index (Phi) is 18.7. The maximum atomic E-state index is 10.2. The minimum absolute atomic E-state index is 0.581. The van der Waals surface area contributed by atoms with Crippen LogP contribution in [0, 0.1) is 0 Å². The van der Waals surface area contributed by atoms with Gasteiger partial charge in [0.1, 0.15) is 0 Å². The van der Waals surface area contributed by atoms with Crippen molar-refractivity contribution in [3.8, 4) is 0 Å². The van der Waals surface area contributed by atoms with E-state index in [2.05, 4.69) is 23.8 Å². The van der Waals surface area contributed by atoms with E-state index in [4.69, 9.17) is 0 Å². The summed E-state index contributed by atoms with van der Waals surface area (Å²) in [5.74, 6) is 0. The molecule has 0 rings (SSSR count). The van der Waals surface area contributed by atoms with Crippen molar-refractivity contribution in [3.63, 3.8) is 0 Å². The van der Waals surface area contributed by atoms with E-state index in [1.165, 1.54) is 77.0 Å². The highest BCUT2D eigenvalue weighted by Gasteiger charge is 1.91. The summed E-state index contributed by atoms with van der Waals surface area (Å²) in [6, 6.07) is 0. The van der Waals surface area contributed by atoms with Gasteiger partial charge in [0, 0.05) is 17.8 Å². The van der Waals surface area contributed by atoms with Gasteiger partial charge in [0.25, 0.3) is 0 Å². The van der Waals surface area contributed by atoms with Crippen LogP contribution in [0.3, 0.4) is 0 Å². The van der Waals surface area contributed by atoms with Gasteiger partial charge >= 0.3 is 0 Å². The SMILES string of the molecule is CCCCCCCC/C=C\CCCCCCCCNS(=O)[O-]. The van der Waals surface area contributed by atoms with Crippen molar-refractivity contribution in [2.24, 2.45) is 0 Å². The number of unbranched alkanes of at least 4 members (excludes halogenated alkanes) is 12. The molecule has 1 N–H and O–H groups in total. The molecule has 0 saturated heterocycles. The molecule has 0 aliphatic carbocycles. The Hall–Kier alpha value is -0.190. The van der Waals surface area contributed by atoms with E-state index >= 15 is 0 Å². The van der Waals surface area contributed by atoms with Crippen LogP contribution in [0.15, 0.2) is 12.2 Å². The molecule has 0 aliphatic heterocycles. The predicted molar refractivity (Wildman–Crippen MR) is 96.4 cm³/mol. The van der Waals surface area contributed by atoms with Gasteiger partial charge in [0.05, 0.1) is 0 Å². The minimum atomic E-state index is -2.09. The summed E-state index contributed by atoms with van der Waals surface area (Å²) in [7, 11) is 0. The highest BCUT2D eigenvalue weighted by molar-refractivity contribution is 7.77. The molecule has 0 aliphatic rings. The van der Waals surface area contributed by atoms with Crippen LogP contribution >= 0.6 is 0 Å². The lowest BCUT2D eigenvalue weighted by Gasteiger charge is -2.06. The van der Waals surface area contributed by atoms with Crippen LogP contribution in [-0.4, -0.2) is 15.3 Å². The van der Waals surface area contributed by atoms with Crippen LogP contribution in [0.2, 0.25) is 0 Å². The third kappa shape index (κ3) is 19.8. The molecular formula is C18H36NO2S-. The molecule has 0 aromatic heterocycles. The lowest BCUT2D eigenvalue weighted by Crippen LogP contribution is -2.17. The van der Waals surface area contributed by atoms with Crippen molar-refractivity contribution >= 4 is 11.3 Å². The molecule has 132 valence electrons. The third-order valence-electron chi connectivity index (χ3n) is 3.91. The second kappa shape index (κ2) is 18.9. The second-order valence-corrected chi connectivity index (χ2v) is 6.82. The number of hydrogen-bond donors (Lipinski definition) is 1. The molecule has 3 nitrogen and oxygen atoms in total. The first-order valence-corrected chi connectivity index (χ1v) is 10.3. The maximum Gasteiger partial charge on any atom is 0.0181 e. The lowest BCUT2D eigenvalue weighted by molar-refractivity contribution is 0.517. The van der Waals surface area contributed by atoms with E-state index in [-0.39, 0.29) is 0 Å². The van der Waals surface area contributed by atoms with Gasteiger partial charge < -0.3 is 4.55 Å². The molecule has 0 bridgehead atoms. The Morgan fingerprint density at radius 2 is 1.23 bits per heavy atom. The molecule has 0 aromatic rings. The summed E-state index contributed by atoms with van der Waals surface area (Å²) in [5, 5.41) is 0. The van der Waals surface area contributed by atoms with Crippen molar-refractivity contribution in [2.45, 2.75) is 96.8 Å². The Morgan fingerprint density at radius 1 is 0.773 bits per heavy atom. The molecule has 4 heteroatoms. The number of hydrogen-bond acceptors (Lipinski definition) is 2. The van der Waals surface area contributed by atoms with E-state index < -0.39 is 11.3 Å².